The lowest BCUT2D eigenvalue weighted by atomic mass is 10.1. The molecule has 0 radical (unpaired) electrons. The predicted molar refractivity (Wildman–Crippen MR) is 115 cm³/mol. The van der Waals surface area contributed by atoms with Crippen molar-refractivity contribution >= 4 is 12.0 Å². The molecule has 0 spiro atoms. The van der Waals surface area contributed by atoms with Crippen LogP contribution in [0.5, 0.6) is 0 Å². The highest BCUT2D eigenvalue weighted by atomic mass is 16.6. The van der Waals surface area contributed by atoms with E-state index in [1.807, 2.05) is 66.7 Å². The molecule has 0 heterocycles. The second-order valence-electron chi connectivity index (χ2n) is 7.60. The van der Waals surface area contributed by atoms with Crippen LogP contribution in [0.4, 0.5) is 4.79 Å². The number of nitrogens with zero attached hydrogens (tertiary/aromatic N) is 1. The van der Waals surface area contributed by atoms with Crippen molar-refractivity contribution in [3.8, 4) is 6.07 Å². The molecule has 3 rings (SSSR count). The first kappa shape index (κ1) is 22.3. The third-order valence-corrected chi connectivity index (χ3v) is 4.93. The topological polar surface area (TPSA) is 100 Å². The molecule has 1 aliphatic carbocycles. The van der Waals surface area contributed by atoms with Gasteiger partial charge in [-0.15, -0.1) is 0 Å². The third-order valence-electron chi connectivity index (χ3n) is 4.93. The molecular weight excluding hydrogens is 394 g/mol. The molecule has 2 atom stereocenters. The van der Waals surface area contributed by atoms with E-state index in [2.05, 4.69) is 10.6 Å². The first-order valence-corrected chi connectivity index (χ1v) is 10.4. The maximum atomic E-state index is 12.7. The molecule has 31 heavy (non-hydrogen) atoms. The van der Waals surface area contributed by atoms with Crippen LogP contribution < -0.4 is 10.6 Å². The number of hydrogen-bond acceptors (Lipinski definition) is 5. The van der Waals surface area contributed by atoms with E-state index in [0.717, 1.165) is 24.0 Å². The summed E-state index contributed by atoms with van der Waals surface area (Å²) in [6.45, 7) is 0.706. The smallest absolute Gasteiger partial charge is 0.408 e. The van der Waals surface area contributed by atoms with E-state index in [4.69, 9.17) is 9.47 Å². The molecule has 0 aromatic heterocycles. The van der Waals surface area contributed by atoms with Gasteiger partial charge in [-0.3, -0.25) is 4.79 Å². The molecule has 0 aliphatic heterocycles. The zero-order valence-electron chi connectivity index (χ0n) is 17.3. The van der Waals surface area contributed by atoms with Gasteiger partial charge in [0.25, 0.3) is 5.91 Å². The summed E-state index contributed by atoms with van der Waals surface area (Å²) < 4.78 is 10.9. The van der Waals surface area contributed by atoms with E-state index in [-0.39, 0.29) is 6.61 Å². The molecule has 2 unspecified atom stereocenters. The fourth-order valence-electron chi connectivity index (χ4n) is 3.05. The van der Waals surface area contributed by atoms with Crippen LogP contribution in [0, 0.1) is 17.2 Å². The highest BCUT2D eigenvalue weighted by Gasteiger charge is 2.32. The minimum absolute atomic E-state index is 0.0491. The predicted octanol–water partition coefficient (Wildman–Crippen LogP) is 3.31. The van der Waals surface area contributed by atoms with E-state index in [1.54, 1.807) is 0 Å². The molecule has 2 N–H and O–H groups in total. The first-order valence-electron chi connectivity index (χ1n) is 10.4. The van der Waals surface area contributed by atoms with E-state index in [0.29, 0.717) is 25.5 Å². The Hall–Kier alpha value is -3.37. The van der Waals surface area contributed by atoms with Crippen LogP contribution in [0.15, 0.2) is 60.7 Å². The van der Waals surface area contributed by atoms with Crippen LogP contribution in [-0.4, -0.2) is 30.8 Å². The Balaban J connectivity index is 1.47. The first-order chi connectivity index (χ1) is 15.1. The minimum atomic E-state index is -0.937. The van der Waals surface area contributed by atoms with Gasteiger partial charge in [0, 0.05) is 6.54 Å². The average Bonchev–Trinajstić information content (AvgIpc) is 3.62. The number of benzene rings is 2. The second kappa shape index (κ2) is 11.7. The van der Waals surface area contributed by atoms with Crippen molar-refractivity contribution in [2.45, 2.75) is 44.6 Å². The van der Waals surface area contributed by atoms with E-state index in [9.17, 15) is 14.9 Å². The molecule has 162 valence electrons. The van der Waals surface area contributed by atoms with Crippen molar-refractivity contribution in [1.29, 1.82) is 5.26 Å². The van der Waals surface area contributed by atoms with Crippen molar-refractivity contribution in [3.05, 3.63) is 71.8 Å². The molecule has 0 saturated heterocycles. The fourth-order valence-corrected chi connectivity index (χ4v) is 3.05. The number of carbonyl (C=O) groups excluding carboxylic acids is 2. The lowest BCUT2D eigenvalue weighted by Crippen LogP contribution is -2.45. The second-order valence-corrected chi connectivity index (χ2v) is 7.60. The van der Waals surface area contributed by atoms with Gasteiger partial charge in [-0.2, -0.15) is 5.26 Å². The number of rotatable bonds is 11. The van der Waals surface area contributed by atoms with Crippen LogP contribution in [0.1, 0.15) is 30.4 Å². The summed E-state index contributed by atoms with van der Waals surface area (Å²) in [4.78, 5) is 24.9. The third kappa shape index (κ3) is 8.11. The molecule has 1 aliphatic rings. The van der Waals surface area contributed by atoms with Gasteiger partial charge in [0.1, 0.15) is 6.04 Å². The van der Waals surface area contributed by atoms with Gasteiger partial charge in [-0.1, -0.05) is 73.5 Å². The van der Waals surface area contributed by atoms with Crippen LogP contribution in [-0.2, 0) is 27.4 Å². The van der Waals surface area contributed by atoms with Crippen molar-refractivity contribution < 1.29 is 19.1 Å². The number of alkyl carbamates (subject to hydrolysis) is 1. The molecular formula is C24H27N3O4. The fraction of sp³-hybridized carbons (Fsp3) is 0.375. The maximum absolute atomic E-state index is 12.7. The lowest BCUT2D eigenvalue weighted by molar-refractivity contribution is -0.130. The van der Waals surface area contributed by atoms with Crippen molar-refractivity contribution in [1.82, 2.24) is 10.6 Å². The van der Waals surface area contributed by atoms with Gasteiger partial charge in [-0.25, -0.2) is 4.79 Å². The Kier molecular flexibility index (Phi) is 8.44. The summed E-state index contributed by atoms with van der Waals surface area (Å²) >= 11 is 0. The number of amides is 2. The van der Waals surface area contributed by atoms with Gasteiger partial charge in [0.2, 0.25) is 0 Å². The Morgan fingerprint density at radius 2 is 1.68 bits per heavy atom. The van der Waals surface area contributed by atoms with Crippen molar-refractivity contribution in [2.24, 2.45) is 5.92 Å². The van der Waals surface area contributed by atoms with Gasteiger partial charge >= 0.3 is 6.09 Å². The summed E-state index contributed by atoms with van der Waals surface area (Å²) in [6, 6.07) is 20.2. The lowest BCUT2D eigenvalue weighted by Gasteiger charge is -2.20. The average molecular weight is 421 g/mol. The maximum Gasteiger partial charge on any atom is 0.408 e. The van der Waals surface area contributed by atoms with Crippen LogP contribution >= 0.6 is 0 Å². The Morgan fingerprint density at radius 3 is 2.29 bits per heavy atom. The number of hydrogen-bond donors (Lipinski definition) is 2. The van der Waals surface area contributed by atoms with E-state index in [1.165, 1.54) is 0 Å². The zero-order chi connectivity index (χ0) is 21.9. The van der Waals surface area contributed by atoms with Gasteiger partial charge in [0.15, 0.2) is 6.10 Å². The number of carbonyl (C=O) groups is 2. The molecule has 7 heteroatoms. The molecule has 2 aromatic carbocycles. The molecule has 1 fully saturated rings. The quantitative estimate of drug-likeness (QED) is 0.580. The largest absolute Gasteiger partial charge is 0.436 e. The summed E-state index contributed by atoms with van der Waals surface area (Å²) in [7, 11) is 0. The highest BCUT2D eigenvalue weighted by Crippen LogP contribution is 2.34. The van der Waals surface area contributed by atoms with Crippen LogP contribution in [0.25, 0.3) is 0 Å². The number of nitrogens with one attached hydrogen (secondary N) is 2. The molecule has 1 saturated carbocycles. The minimum Gasteiger partial charge on any atom is -0.436 e. The number of ether oxygens (including phenoxy) is 2. The van der Waals surface area contributed by atoms with Gasteiger partial charge in [0.05, 0.1) is 19.3 Å². The Morgan fingerprint density at radius 1 is 1.03 bits per heavy atom. The van der Waals surface area contributed by atoms with Crippen molar-refractivity contribution in [3.63, 3.8) is 0 Å². The van der Waals surface area contributed by atoms with Crippen molar-refractivity contribution in [2.75, 3.05) is 6.61 Å². The standard InChI is InChI=1S/C24H27N3O4/c25-14-21(17-30-16-20-9-5-2-6-10-20)27-23(28)22(13-18-11-12-18)31-24(29)26-15-19-7-3-1-4-8-19/h1-10,18,21-22H,11-13,15-17H2,(H,26,29)(H,27,28). The summed E-state index contributed by atoms with van der Waals surface area (Å²) in [5.74, 6) is -0.107. The van der Waals surface area contributed by atoms with E-state index < -0.39 is 24.1 Å². The normalized spacial score (nSPS) is 14.7. The zero-order valence-corrected chi connectivity index (χ0v) is 17.3. The van der Waals surface area contributed by atoms with Crippen LogP contribution in [0.2, 0.25) is 0 Å². The molecule has 0 bridgehead atoms. The monoisotopic (exact) mass is 421 g/mol. The van der Waals surface area contributed by atoms with Gasteiger partial charge < -0.3 is 20.1 Å². The van der Waals surface area contributed by atoms with Gasteiger partial charge in [-0.05, 0) is 23.5 Å². The highest BCUT2D eigenvalue weighted by molar-refractivity contribution is 5.84. The molecule has 2 aromatic rings. The van der Waals surface area contributed by atoms with Crippen LogP contribution in [0.3, 0.4) is 0 Å². The Bertz CT molecular complexity index is 879. The summed E-state index contributed by atoms with van der Waals surface area (Å²) in [5, 5.41) is 14.7. The van der Waals surface area contributed by atoms with E-state index >= 15 is 0 Å². The summed E-state index contributed by atoms with van der Waals surface area (Å²) in [6.07, 6.45) is 0.890. The molecule has 2 amide bonds. The number of nitriles is 1. The Labute approximate surface area is 182 Å². The molecule has 7 nitrogen and oxygen atoms in total. The summed E-state index contributed by atoms with van der Waals surface area (Å²) in [5.41, 5.74) is 1.92. The SMILES string of the molecule is N#CC(COCc1ccccc1)NC(=O)C(CC1CC1)OC(=O)NCc1ccccc1.